The number of hydrogen-bond donors (Lipinski definition) is 1. The molecular weight excluding hydrogens is 296 g/mol. The summed E-state index contributed by atoms with van der Waals surface area (Å²) in [5.74, 6) is -0.0341. The molecule has 0 fully saturated rings. The van der Waals surface area contributed by atoms with Crippen molar-refractivity contribution in [2.75, 3.05) is 10.6 Å². The third-order valence-corrected chi connectivity index (χ3v) is 4.01. The number of benzene rings is 3. The molecule has 0 aliphatic heterocycles. The van der Waals surface area contributed by atoms with Crippen LogP contribution in [0.2, 0.25) is 0 Å². The minimum absolute atomic E-state index is 0.0341. The number of aryl methyl sites for hydroxylation is 1. The van der Waals surface area contributed by atoms with E-state index in [0.29, 0.717) is 17.8 Å². The highest BCUT2D eigenvalue weighted by Crippen LogP contribution is 2.21. The van der Waals surface area contributed by atoms with Gasteiger partial charge < -0.3 is 10.6 Å². The second kappa shape index (κ2) is 7.01. The molecule has 0 aliphatic carbocycles. The van der Waals surface area contributed by atoms with Gasteiger partial charge in [0.05, 0.1) is 6.54 Å². The summed E-state index contributed by atoms with van der Waals surface area (Å²) < 4.78 is 0. The standard InChI is InChI=1S/C21H20N2O/c1-16-14-18(12-13-20(16)22)21(24)23(19-10-6-3-7-11-19)15-17-8-4-2-5-9-17/h2-14H,15,22H2,1H3. The Hall–Kier alpha value is -3.07. The van der Waals surface area contributed by atoms with Crippen LogP contribution in [0.4, 0.5) is 11.4 Å². The topological polar surface area (TPSA) is 46.3 Å². The Balaban J connectivity index is 1.97. The van der Waals surface area contributed by atoms with Gasteiger partial charge in [-0.15, -0.1) is 0 Å². The van der Waals surface area contributed by atoms with Crippen molar-refractivity contribution in [3.05, 3.63) is 95.6 Å². The highest BCUT2D eigenvalue weighted by atomic mass is 16.2. The molecule has 0 atom stereocenters. The van der Waals surface area contributed by atoms with E-state index in [1.54, 1.807) is 17.0 Å². The zero-order chi connectivity index (χ0) is 16.9. The van der Waals surface area contributed by atoms with Crippen molar-refractivity contribution in [3.8, 4) is 0 Å². The molecule has 0 aromatic heterocycles. The molecule has 24 heavy (non-hydrogen) atoms. The van der Waals surface area contributed by atoms with E-state index >= 15 is 0 Å². The van der Waals surface area contributed by atoms with Crippen LogP contribution in [0.5, 0.6) is 0 Å². The van der Waals surface area contributed by atoms with E-state index in [-0.39, 0.29) is 5.91 Å². The second-order valence-electron chi connectivity index (χ2n) is 5.78. The summed E-state index contributed by atoms with van der Waals surface area (Å²) in [4.78, 5) is 14.9. The lowest BCUT2D eigenvalue weighted by Gasteiger charge is -2.23. The van der Waals surface area contributed by atoms with Gasteiger partial charge in [-0.3, -0.25) is 4.79 Å². The van der Waals surface area contributed by atoms with Crippen molar-refractivity contribution < 1.29 is 4.79 Å². The van der Waals surface area contributed by atoms with Crippen molar-refractivity contribution in [1.82, 2.24) is 0 Å². The molecule has 0 saturated heterocycles. The van der Waals surface area contributed by atoms with Crippen molar-refractivity contribution >= 4 is 17.3 Å². The van der Waals surface area contributed by atoms with Gasteiger partial charge in [0.2, 0.25) is 0 Å². The molecule has 0 saturated carbocycles. The molecule has 3 aromatic rings. The van der Waals surface area contributed by atoms with Gasteiger partial charge in [-0.2, -0.15) is 0 Å². The third-order valence-electron chi connectivity index (χ3n) is 4.01. The number of nitrogens with zero attached hydrogens (tertiary/aromatic N) is 1. The van der Waals surface area contributed by atoms with Crippen LogP contribution in [-0.4, -0.2) is 5.91 Å². The third kappa shape index (κ3) is 3.46. The van der Waals surface area contributed by atoms with Gasteiger partial charge in [0.25, 0.3) is 5.91 Å². The molecule has 0 heterocycles. The number of para-hydroxylation sites is 1. The van der Waals surface area contributed by atoms with Crippen molar-refractivity contribution in [1.29, 1.82) is 0 Å². The lowest BCUT2D eigenvalue weighted by Crippen LogP contribution is -2.30. The minimum Gasteiger partial charge on any atom is -0.399 e. The summed E-state index contributed by atoms with van der Waals surface area (Å²) in [7, 11) is 0. The largest absolute Gasteiger partial charge is 0.399 e. The van der Waals surface area contributed by atoms with Crippen LogP contribution in [0, 0.1) is 6.92 Å². The molecule has 3 rings (SSSR count). The van der Waals surface area contributed by atoms with E-state index in [1.807, 2.05) is 73.7 Å². The van der Waals surface area contributed by atoms with Crippen LogP contribution >= 0.6 is 0 Å². The smallest absolute Gasteiger partial charge is 0.258 e. The van der Waals surface area contributed by atoms with Crippen LogP contribution < -0.4 is 10.6 Å². The van der Waals surface area contributed by atoms with E-state index in [4.69, 9.17) is 5.73 Å². The molecule has 120 valence electrons. The normalized spacial score (nSPS) is 10.4. The number of carbonyl (C=O) groups excluding carboxylic acids is 1. The number of nitrogens with two attached hydrogens (primary N) is 1. The first-order valence-electron chi connectivity index (χ1n) is 7.92. The van der Waals surface area contributed by atoms with Gasteiger partial charge in [-0.05, 0) is 48.4 Å². The molecule has 1 amide bonds. The molecule has 3 aromatic carbocycles. The van der Waals surface area contributed by atoms with Gasteiger partial charge in [0, 0.05) is 16.9 Å². The summed E-state index contributed by atoms with van der Waals surface area (Å²) in [5.41, 5.74) is 10.1. The predicted molar refractivity (Wildman–Crippen MR) is 99.0 cm³/mol. The fourth-order valence-electron chi connectivity index (χ4n) is 2.62. The maximum absolute atomic E-state index is 13.1. The van der Waals surface area contributed by atoms with E-state index in [0.717, 1.165) is 16.8 Å². The Morgan fingerprint density at radius 1 is 0.917 bits per heavy atom. The van der Waals surface area contributed by atoms with Crippen molar-refractivity contribution in [2.45, 2.75) is 13.5 Å². The molecule has 0 radical (unpaired) electrons. The Bertz CT molecular complexity index is 829. The van der Waals surface area contributed by atoms with Crippen molar-refractivity contribution in [3.63, 3.8) is 0 Å². The maximum atomic E-state index is 13.1. The first kappa shape index (κ1) is 15.8. The molecule has 0 spiro atoms. The minimum atomic E-state index is -0.0341. The summed E-state index contributed by atoms with van der Waals surface area (Å²) >= 11 is 0. The number of amides is 1. The monoisotopic (exact) mass is 316 g/mol. The van der Waals surface area contributed by atoms with Crippen LogP contribution in [0.25, 0.3) is 0 Å². The maximum Gasteiger partial charge on any atom is 0.258 e. The Morgan fingerprint density at radius 3 is 2.17 bits per heavy atom. The molecule has 2 N–H and O–H groups in total. The fraction of sp³-hybridized carbons (Fsp3) is 0.0952. The molecule has 3 heteroatoms. The lowest BCUT2D eigenvalue weighted by atomic mass is 10.1. The molecule has 0 bridgehead atoms. The SMILES string of the molecule is Cc1cc(C(=O)N(Cc2ccccc2)c2ccccc2)ccc1N. The zero-order valence-electron chi connectivity index (χ0n) is 13.6. The van der Waals surface area contributed by atoms with Gasteiger partial charge >= 0.3 is 0 Å². The number of hydrogen-bond acceptors (Lipinski definition) is 2. The summed E-state index contributed by atoms with van der Waals surface area (Å²) in [6, 6.07) is 25.1. The van der Waals surface area contributed by atoms with Crippen LogP contribution in [0.3, 0.4) is 0 Å². The average molecular weight is 316 g/mol. The molecule has 3 nitrogen and oxygen atoms in total. The Kier molecular flexibility index (Phi) is 4.62. The van der Waals surface area contributed by atoms with E-state index < -0.39 is 0 Å². The second-order valence-corrected chi connectivity index (χ2v) is 5.78. The summed E-state index contributed by atoms with van der Waals surface area (Å²) in [5, 5.41) is 0. The average Bonchev–Trinajstić information content (AvgIpc) is 2.63. The highest BCUT2D eigenvalue weighted by molar-refractivity contribution is 6.06. The van der Waals surface area contributed by atoms with Gasteiger partial charge in [-0.25, -0.2) is 0 Å². The predicted octanol–water partition coefficient (Wildman–Crippen LogP) is 4.42. The first-order chi connectivity index (χ1) is 11.6. The van der Waals surface area contributed by atoms with Gasteiger partial charge in [0.15, 0.2) is 0 Å². The first-order valence-corrected chi connectivity index (χ1v) is 7.92. The fourth-order valence-corrected chi connectivity index (χ4v) is 2.62. The van der Waals surface area contributed by atoms with E-state index in [2.05, 4.69) is 0 Å². The zero-order valence-corrected chi connectivity index (χ0v) is 13.6. The van der Waals surface area contributed by atoms with E-state index in [9.17, 15) is 4.79 Å². The summed E-state index contributed by atoms with van der Waals surface area (Å²) in [6.45, 7) is 2.43. The Morgan fingerprint density at radius 2 is 1.54 bits per heavy atom. The van der Waals surface area contributed by atoms with Gasteiger partial charge in [-0.1, -0.05) is 48.5 Å². The van der Waals surface area contributed by atoms with Crippen LogP contribution in [-0.2, 0) is 6.54 Å². The van der Waals surface area contributed by atoms with Crippen LogP contribution in [0.15, 0.2) is 78.9 Å². The molecular formula is C21H20N2O. The number of carbonyl (C=O) groups is 1. The molecule has 0 aliphatic rings. The van der Waals surface area contributed by atoms with E-state index in [1.165, 1.54) is 0 Å². The Labute approximate surface area is 142 Å². The highest BCUT2D eigenvalue weighted by Gasteiger charge is 2.18. The number of rotatable bonds is 4. The van der Waals surface area contributed by atoms with Crippen LogP contribution in [0.1, 0.15) is 21.5 Å². The number of nitrogen functional groups attached to an aromatic ring is 1. The van der Waals surface area contributed by atoms with Crippen molar-refractivity contribution in [2.24, 2.45) is 0 Å². The summed E-state index contributed by atoms with van der Waals surface area (Å²) in [6.07, 6.45) is 0. The van der Waals surface area contributed by atoms with Gasteiger partial charge in [0.1, 0.15) is 0 Å². The lowest BCUT2D eigenvalue weighted by molar-refractivity contribution is 0.0985. The number of anilines is 2. The molecule has 0 unspecified atom stereocenters. The quantitative estimate of drug-likeness (QED) is 0.724.